The predicted octanol–water partition coefficient (Wildman–Crippen LogP) is 3.54. The van der Waals surface area contributed by atoms with E-state index in [0.29, 0.717) is 23.3 Å². The minimum absolute atomic E-state index is 0.258. The van der Waals surface area contributed by atoms with Gasteiger partial charge < -0.3 is 22.1 Å². The van der Waals surface area contributed by atoms with Crippen LogP contribution in [0.5, 0.6) is 0 Å². The summed E-state index contributed by atoms with van der Waals surface area (Å²) in [5, 5.41) is 7.67. The third-order valence-electron chi connectivity index (χ3n) is 4.16. The summed E-state index contributed by atoms with van der Waals surface area (Å²) in [6.45, 7) is 0. The van der Waals surface area contributed by atoms with Gasteiger partial charge in [0.05, 0.1) is 5.69 Å². The number of anilines is 8. The van der Waals surface area contributed by atoms with Crippen molar-refractivity contribution in [1.29, 1.82) is 0 Å². The molecule has 0 saturated heterocycles. The number of hydrogen-bond acceptors (Lipinski definition) is 9. The Morgan fingerprint density at radius 2 is 1.17 bits per heavy atom. The maximum atomic E-state index is 6.27. The van der Waals surface area contributed by atoms with Crippen molar-refractivity contribution in [3.63, 3.8) is 0 Å². The van der Waals surface area contributed by atoms with Gasteiger partial charge in [0.25, 0.3) is 5.95 Å². The minimum Gasteiger partial charge on any atom is -0.399 e. The monoisotopic (exact) mass is 399 g/mol. The second-order valence-corrected chi connectivity index (χ2v) is 6.49. The molecule has 0 saturated carbocycles. The molecule has 30 heavy (non-hydrogen) atoms. The fraction of sp³-hybridized carbons (Fsp3) is 0. The molecule has 0 unspecified atom stereocenters. The van der Waals surface area contributed by atoms with Crippen LogP contribution in [0.3, 0.4) is 0 Å². The van der Waals surface area contributed by atoms with Gasteiger partial charge in [-0.25, -0.2) is 10.9 Å². The number of rotatable bonds is 6. The Morgan fingerprint density at radius 1 is 0.633 bits per heavy atom. The van der Waals surface area contributed by atoms with Gasteiger partial charge in [-0.15, -0.1) is 0 Å². The predicted molar refractivity (Wildman–Crippen MR) is 121 cm³/mol. The van der Waals surface area contributed by atoms with Crippen molar-refractivity contribution in [3.8, 4) is 0 Å². The van der Waals surface area contributed by atoms with Gasteiger partial charge in [0, 0.05) is 22.7 Å². The quantitative estimate of drug-likeness (QED) is 0.187. The van der Waals surface area contributed by atoms with E-state index in [1.54, 1.807) is 24.3 Å². The molecule has 0 aliphatic rings. The highest BCUT2D eigenvalue weighted by atomic mass is 15.5. The molecule has 0 atom stereocenters. The largest absolute Gasteiger partial charge is 0.399 e. The van der Waals surface area contributed by atoms with Crippen LogP contribution in [0.1, 0.15) is 0 Å². The van der Waals surface area contributed by atoms with Crippen molar-refractivity contribution in [2.75, 3.05) is 27.1 Å². The standard InChI is InChI=1S/C21H21N9/c22-14-6-4-8-16(12-14)25-19-27-20(26-17-9-5-7-15(23)13-17)29-21(28-19)30(24)18-10-2-1-3-11-18/h1-13H,22-24H2,(H2,25,26,27,28,29). The molecule has 0 amide bonds. The molecule has 9 nitrogen and oxygen atoms in total. The number of aromatic nitrogens is 3. The lowest BCUT2D eigenvalue weighted by atomic mass is 10.3. The van der Waals surface area contributed by atoms with Crippen LogP contribution in [0.2, 0.25) is 0 Å². The lowest BCUT2D eigenvalue weighted by Crippen LogP contribution is -2.27. The van der Waals surface area contributed by atoms with Gasteiger partial charge in [-0.1, -0.05) is 30.3 Å². The summed E-state index contributed by atoms with van der Waals surface area (Å²) < 4.78 is 0. The Hall–Kier alpha value is -4.37. The first kappa shape index (κ1) is 19.0. The molecular formula is C21H21N9. The van der Waals surface area contributed by atoms with E-state index in [4.69, 9.17) is 17.3 Å². The van der Waals surface area contributed by atoms with Crippen molar-refractivity contribution >= 4 is 46.3 Å². The van der Waals surface area contributed by atoms with Gasteiger partial charge in [0.15, 0.2) is 0 Å². The number of nitrogen functional groups attached to an aromatic ring is 2. The van der Waals surface area contributed by atoms with Crippen LogP contribution in [-0.2, 0) is 0 Å². The second kappa shape index (κ2) is 8.33. The average molecular weight is 399 g/mol. The van der Waals surface area contributed by atoms with Crippen LogP contribution in [0, 0.1) is 0 Å². The molecule has 4 rings (SSSR count). The minimum atomic E-state index is 0.258. The second-order valence-electron chi connectivity index (χ2n) is 6.49. The highest BCUT2D eigenvalue weighted by Crippen LogP contribution is 2.24. The molecule has 0 spiro atoms. The fourth-order valence-electron chi connectivity index (χ4n) is 2.78. The zero-order valence-corrected chi connectivity index (χ0v) is 16.0. The molecule has 0 fully saturated rings. The lowest BCUT2D eigenvalue weighted by Gasteiger charge is -2.18. The number of benzene rings is 3. The van der Waals surface area contributed by atoms with Crippen molar-refractivity contribution < 1.29 is 0 Å². The van der Waals surface area contributed by atoms with E-state index < -0.39 is 0 Å². The van der Waals surface area contributed by atoms with E-state index in [9.17, 15) is 0 Å². The van der Waals surface area contributed by atoms with E-state index >= 15 is 0 Å². The molecule has 9 heteroatoms. The summed E-state index contributed by atoms with van der Waals surface area (Å²) in [4.78, 5) is 13.4. The normalized spacial score (nSPS) is 10.4. The molecule has 0 radical (unpaired) electrons. The van der Waals surface area contributed by atoms with Gasteiger partial charge in [-0.05, 0) is 48.5 Å². The molecule has 0 aliphatic heterocycles. The summed E-state index contributed by atoms with van der Waals surface area (Å²) in [5.74, 6) is 7.15. The summed E-state index contributed by atoms with van der Waals surface area (Å²) in [7, 11) is 0. The fourth-order valence-corrected chi connectivity index (χ4v) is 2.78. The number of nitrogens with zero attached hydrogens (tertiary/aromatic N) is 4. The van der Waals surface area contributed by atoms with Crippen LogP contribution in [0.25, 0.3) is 0 Å². The smallest absolute Gasteiger partial charge is 0.251 e. The number of nitrogens with one attached hydrogen (secondary N) is 2. The van der Waals surface area contributed by atoms with Crippen LogP contribution in [0.4, 0.5) is 46.3 Å². The number of para-hydroxylation sites is 1. The summed E-state index contributed by atoms with van der Waals surface area (Å²) >= 11 is 0. The molecule has 0 aliphatic carbocycles. The number of hydrazine groups is 1. The molecular weight excluding hydrogens is 378 g/mol. The van der Waals surface area contributed by atoms with E-state index in [0.717, 1.165) is 17.1 Å². The SMILES string of the molecule is Nc1cccc(Nc2nc(Nc3cccc(N)c3)nc(N(N)c3ccccc3)n2)c1. The van der Waals surface area contributed by atoms with Crippen molar-refractivity contribution in [1.82, 2.24) is 15.0 Å². The first-order valence-corrected chi connectivity index (χ1v) is 9.18. The highest BCUT2D eigenvalue weighted by molar-refractivity contribution is 5.65. The molecule has 8 N–H and O–H groups in total. The van der Waals surface area contributed by atoms with Crippen LogP contribution < -0.4 is 33.0 Å². The number of hydrogen-bond donors (Lipinski definition) is 5. The summed E-state index contributed by atoms with van der Waals surface area (Å²) in [6.07, 6.45) is 0. The topological polar surface area (TPSA) is 144 Å². The van der Waals surface area contributed by atoms with Crippen LogP contribution in [-0.4, -0.2) is 15.0 Å². The van der Waals surface area contributed by atoms with Crippen molar-refractivity contribution in [3.05, 3.63) is 78.9 Å². The first-order valence-electron chi connectivity index (χ1n) is 9.18. The third-order valence-corrected chi connectivity index (χ3v) is 4.16. The Balaban J connectivity index is 1.71. The summed E-state index contributed by atoms with van der Waals surface area (Å²) in [5.41, 5.74) is 15.2. The Kier molecular flexibility index (Phi) is 5.27. The Morgan fingerprint density at radius 3 is 1.67 bits per heavy atom. The lowest BCUT2D eigenvalue weighted by molar-refractivity contribution is 0.952. The molecule has 3 aromatic carbocycles. The molecule has 1 heterocycles. The van der Waals surface area contributed by atoms with E-state index in [1.165, 1.54) is 5.01 Å². The van der Waals surface area contributed by atoms with Gasteiger partial charge in [-0.2, -0.15) is 15.0 Å². The zero-order valence-electron chi connectivity index (χ0n) is 16.0. The van der Waals surface area contributed by atoms with Gasteiger partial charge in [0.2, 0.25) is 11.9 Å². The first-order chi connectivity index (χ1) is 14.6. The van der Waals surface area contributed by atoms with E-state index in [1.807, 2.05) is 54.6 Å². The van der Waals surface area contributed by atoms with Crippen LogP contribution in [0.15, 0.2) is 78.9 Å². The molecule has 1 aromatic heterocycles. The molecule has 0 bridgehead atoms. The third kappa shape index (κ3) is 4.54. The van der Waals surface area contributed by atoms with Gasteiger partial charge >= 0.3 is 0 Å². The maximum Gasteiger partial charge on any atom is 0.251 e. The van der Waals surface area contributed by atoms with Crippen molar-refractivity contribution in [2.45, 2.75) is 0 Å². The Bertz CT molecular complexity index is 1080. The molecule has 4 aromatic rings. The van der Waals surface area contributed by atoms with E-state index in [-0.39, 0.29) is 5.95 Å². The highest BCUT2D eigenvalue weighted by Gasteiger charge is 2.13. The zero-order chi connectivity index (χ0) is 20.9. The number of nitrogens with two attached hydrogens (primary N) is 3. The Labute approximate surface area is 173 Å². The van der Waals surface area contributed by atoms with Crippen LogP contribution >= 0.6 is 0 Å². The maximum absolute atomic E-state index is 6.27. The van der Waals surface area contributed by atoms with Crippen molar-refractivity contribution in [2.24, 2.45) is 5.84 Å². The average Bonchev–Trinajstić information content (AvgIpc) is 2.74. The van der Waals surface area contributed by atoms with E-state index in [2.05, 4.69) is 25.6 Å². The van der Waals surface area contributed by atoms with Gasteiger partial charge in [0.1, 0.15) is 0 Å². The molecule has 150 valence electrons. The van der Waals surface area contributed by atoms with Gasteiger partial charge in [-0.3, -0.25) is 0 Å². The summed E-state index contributed by atoms with van der Waals surface area (Å²) in [6, 6.07) is 24.0.